The van der Waals surface area contributed by atoms with Gasteiger partial charge in [0.1, 0.15) is 12.0 Å². The maximum Gasteiger partial charge on any atom is 0.433 e. The largest absolute Gasteiger partial charge is 0.463 e. The van der Waals surface area contributed by atoms with Gasteiger partial charge >= 0.3 is 6.09 Å². The summed E-state index contributed by atoms with van der Waals surface area (Å²) in [5.74, 6) is 0.591. The molecule has 0 saturated heterocycles. The number of carbonyl (C=O) groups is 1. The summed E-state index contributed by atoms with van der Waals surface area (Å²) in [6.45, 7) is 0. The fourth-order valence-corrected chi connectivity index (χ4v) is 2.58. The number of aliphatic imine (C=N–C) groups is 1. The van der Waals surface area contributed by atoms with Crippen LogP contribution in [0, 0.1) is 5.92 Å². The predicted molar refractivity (Wildman–Crippen MR) is 87.7 cm³/mol. The van der Waals surface area contributed by atoms with E-state index in [1.54, 1.807) is 6.07 Å². The van der Waals surface area contributed by atoms with Crippen LogP contribution in [0.1, 0.15) is 24.1 Å². The zero-order valence-electron chi connectivity index (χ0n) is 12.2. The smallest absolute Gasteiger partial charge is 0.433 e. The van der Waals surface area contributed by atoms with E-state index in [-0.39, 0.29) is 11.5 Å². The Morgan fingerprint density at radius 3 is 2.78 bits per heavy atom. The summed E-state index contributed by atoms with van der Waals surface area (Å²) in [6.07, 6.45) is 3.51. The summed E-state index contributed by atoms with van der Waals surface area (Å²) in [7, 11) is 0. The van der Waals surface area contributed by atoms with Crippen LogP contribution in [-0.2, 0) is 6.42 Å². The zero-order valence-corrected chi connectivity index (χ0v) is 13.0. The Hall–Kier alpha value is -2.47. The van der Waals surface area contributed by atoms with E-state index in [0.717, 1.165) is 23.5 Å². The molecule has 7 heteroatoms. The van der Waals surface area contributed by atoms with Gasteiger partial charge in [-0.3, -0.25) is 0 Å². The van der Waals surface area contributed by atoms with E-state index in [4.69, 9.17) is 22.4 Å². The summed E-state index contributed by atoms with van der Waals surface area (Å²) in [4.78, 5) is 22.0. The van der Waals surface area contributed by atoms with Crippen LogP contribution in [0.25, 0.3) is 11.3 Å². The van der Waals surface area contributed by atoms with Crippen molar-refractivity contribution in [2.45, 2.75) is 19.3 Å². The van der Waals surface area contributed by atoms with Crippen LogP contribution >= 0.6 is 11.6 Å². The lowest BCUT2D eigenvalue weighted by molar-refractivity contribution is 0.205. The average Bonchev–Trinajstić information content (AvgIpc) is 3.33. The second-order valence-electron chi connectivity index (χ2n) is 5.52. The highest BCUT2D eigenvalue weighted by Crippen LogP contribution is 2.35. The van der Waals surface area contributed by atoms with E-state index in [0.29, 0.717) is 10.7 Å². The lowest BCUT2D eigenvalue weighted by Gasteiger charge is -2.07. The van der Waals surface area contributed by atoms with Crippen molar-refractivity contribution in [3.63, 3.8) is 0 Å². The topological polar surface area (TPSA) is 101 Å². The van der Waals surface area contributed by atoms with E-state index in [1.807, 2.05) is 18.2 Å². The Morgan fingerprint density at radius 2 is 2.13 bits per heavy atom. The number of hydrogen-bond donors (Lipinski definition) is 2. The molecule has 0 radical (unpaired) electrons. The molecule has 1 saturated carbocycles. The fourth-order valence-electron chi connectivity index (χ4n) is 2.32. The van der Waals surface area contributed by atoms with Crippen LogP contribution < -0.4 is 5.73 Å². The highest BCUT2D eigenvalue weighted by molar-refractivity contribution is 6.31. The molecular formula is C16H15ClN4O2. The Kier molecular flexibility index (Phi) is 4.25. The number of halogens is 1. The molecule has 1 amide bonds. The van der Waals surface area contributed by atoms with Gasteiger partial charge in [-0.15, -0.1) is 0 Å². The van der Waals surface area contributed by atoms with E-state index in [2.05, 4.69) is 15.0 Å². The molecule has 1 aromatic heterocycles. The molecule has 0 unspecified atom stereocenters. The summed E-state index contributed by atoms with van der Waals surface area (Å²) < 4.78 is 0. The molecule has 0 bridgehead atoms. The molecule has 0 spiro atoms. The number of rotatable bonds is 4. The lowest BCUT2D eigenvalue weighted by Crippen LogP contribution is -2.17. The van der Waals surface area contributed by atoms with Gasteiger partial charge in [-0.1, -0.05) is 23.7 Å². The number of nitrogens with zero attached hydrogens (tertiary/aromatic N) is 3. The van der Waals surface area contributed by atoms with E-state index in [1.165, 1.54) is 19.2 Å². The molecule has 6 nitrogen and oxygen atoms in total. The van der Waals surface area contributed by atoms with Crippen molar-refractivity contribution in [2.75, 3.05) is 0 Å². The highest BCUT2D eigenvalue weighted by Gasteiger charge is 2.22. The first kappa shape index (κ1) is 15.4. The number of carboxylic acid groups (broad SMARTS) is 1. The van der Waals surface area contributed by atoms with Gasteiger partial charge in [-0.2, -0.15) is 4.99 Å². The second kappa shape index (κ2) is 6.34. The van der Waals surface area contributed by atoms with Gasteiger partial charge in [0, 0.05) is 10.6 Å². The minimum absolute atomic E-state index is 0.169. The summed E-state index contributed by atoms with van der Waals surface area (Å²) in [5, 5.41) is 9.36. The van der Waals surface area contributed by atoms with Crippen molar-refractivity contribution in [1.82, 2.24) is 9.97 Å². The van der Waals surface area contributed by atoms with Crippen molar-refractivity contribution in [3.05, 3.63) is 46.9 Å². The first-order chi connectivity index (χ1) is 11.0. The summed E-state index contributed by atoms with van der Waals surface area (Å²) in [6, 6.07) is 7.40. The van der Waals surface area contributed by atoms with Gasteiger partial charge < -0.3 is 10.8 Å². The van der Waals surface area contributed by atoms with Crippen molar-refractivity contribution < 1.29 is 9.90 Å². The standard InChI is InChI=1S/C16H15ClN4O2/c17-12-6-11(4-3-10(12)5-9-1-2-9)13-7-14(20-8-19-13)15(18)21-16(22)23/h3-4,6-9H,1-2,5H2,(H2,18,21)(H,22,23). The quantitative estimate of drug-likeness (QED) is 0.662. The van der Waals surface area contributed by atoms with Crippen molar-refractivity contribution in [2.24, 2.45) is 16.6 Å². The van der Waals surface area contributed by atoms with Gasteiger partial charge in [-0.05, 0) is 42.9 Å². The van der Waals surface area contributed by atoms with Crippen molar-refractivity contribution in [3.8, 4) is 11.3 Å². The van der Waals surface area contributed by atoms with Crippen molar-refractivity contribution >= 4 is 23.5 Å². The van der Waals surface area contributed by atoms with Crippen LogP contribution in [0.4, 0.5) is 4.79 Å². The zero-order chi connectivity index (χ0) is 16.4. The Balaban J connectivity index is 1.89. The van der Waals surface area contributed by atoms with E-state index in [9.17, 15) is 4.79 Å². The third kappa shape index (κ3) is 3.84. The minimum Gasteiger partial charge on any atom is -0.463 e. The van der Waals surface area contributed by atoms with Gasteiger partial charge in [0.2, 0.25) is 0 Å². The molecule has 0 aliphatic heterocycles. The van der Waals surface area contributed by atoms with Gasteiger partial charge in [0.05, 0.1) is 5.69 Å². The number of benzene rings is 1. The van der Waals surface area contributed by atoms with Gasteiger partial charge in [0.25, 0.3) is 0 Å². The minimum atomic E-state index is -1.37. The SMILES string of the molecule is NC(=NC(=O)O)c1cc(-c2ccc(CC3CC3)c(Cl)c2)ncn1. The van der Waals surface area contributed by atoms with Crippen molar-refractivity contribution in [1.29, 1.82) is 0 Å². The molecule has 1 fully saturated rings. The molecule has 1 aromatic carbocycles. The lowest BCUT2D eigenvalue weighted by atomic mass is 10.0. The third-order valence-electron chi connectivity index (χ3n) is 3.70. The van der Waals surface area contributed by atoms with Crippen LogP contribution in [-0.4, -0.2) is 27.0 Å². The number of amides is 1. The Morgan fingerprint density at radius 1 is 1.35 bits per heavy atom. The third-order valence-corrected chi connectivity index (χ3v) is 4.05. The van der Waals surface area contributed by atoms with Crippen LogP contribution in [0.5, 0.6) is 0 Å². The molecular weight excluding hydrogens is 316 g/mol. The molecule has 1 aliphatic carbocycles. The fraction of sp³-hybridized carbons (Fsp3) is 0.250. The summed E-state index contributed by atoms with van der Waals surface area (Å²) >= 11 is 6.35. The molecule has 1 aliphatic rings. The van der Waals surface area contributed by atoms with Gasteiger partial charge in [0.15, 0.2) is 5.84 Å². The average molecular weight is 331 g/mol. The molecule has 3 rings (SSSR count). The first-order valence-electron chi connectivity index (χ1n) is 7.21. The molecule has 3 N–H and O–H groups in total. The number of amidine groups is 1. The van der Waals surface area contributed by atoms with Crippen LogP contribution in [0.15, 0.2) is 35.6 Å². The summed E-state index contributed by atoms with van der Waals surface area (Å²) in [5.41, 5.74) is 8.44. The Bertz CT molecular complexity index is 787. The predicted octanol–water partition coefficient (Wildman–Crippen LogP) is 3.13. The normalized spacial score (nSPS) is 14.7. The van der Waals surface area contributed by atoms with Crippen LogP contribution in [0.2, 0.25) is 5.02 Å². The molecule has 0 atom stereocenters. The van der Waals surface area contributed by atoms with Crippen LogP contribution in [0.3, 0.4) is 0 Å². The molecule has 2 aromatic rings. The maximum absolute atomic E-state index is 10.6. The molecule has 1 heterocycles. The monoisotopic (exact) mass is 330 g/mol. The molecule has 23 heavy (non-hydrogen) atoms. The second-order valence-corrected chi connectivity index (χ2v) is 5.93. The van der Waals surface area contributed by atoms with Gasteiger partial charge in [-0.25, -0.2) is 14.8 Å². The number of nitrogens with two attached hydrogens (primary N) is 1. The van der Waals surface area contributed by atoms with E-state index >= 15 is 0 Å². The van der Waals surface area contributed by atoms with E-state index < -0.39 is 6.09 Å². The Labute approximate surface area is 138 Å². The molecule has 118 valence electrons. The number of aromatic nitrogens is 2. The maximum atomic E-state index is 10.6. The highest BCUT2D eigenvalue weighted by atomic mass is 35.5. The number of hydrogen-bond acceptors (Lipinski definition) is 3. The first-order valence-corrected chi connectivity index (χ1v) is 7.59.